The molecule has 1 aromatic heterocycles. The number of nitro benzene ring substituents is 2. The van der Waals surface area contributed by atoms with E-state index in [1.807, 2.05) is 0 Å². The van der Waals surface area contributed by atoms with Gasteiger partial charge in [0.1, 0.15) is 6.54 Å². The Morgan fingerprint density at radius 1 is 0.970 bits per heavy atom. The minimum absolute atomic E-state index is 0.0107. The number of ether oxygens (including phenoxy) is 2. The Hall–Kier alpha value is -4.46. The number of esters is 2. The van der Waals surface area contributed by atoms with Crippen LogP contribution < -0.4 is 4.80 Å². The molecule has 0 N–H and O–H groups in total. The number of thiazole rings is 1. The Labute approximate surface area is 187 Å². The molecule has 2 aromatic carbocycles. The first-order valence-electron chi connectivity index (χ1n) is 8.96. The number of amides is 1. The zero-order chi connectivity index (χ0) is 24.3. The first kappa shape index (κ1) is 23.2. The number of carbonyl (C=O) groups is 3. The quantitative estimate of drug-likeness (QED) is 0.295. The van der Waals surface area contributed by atoms with Crippen LogP contribution in [0.3, 0.4) is 0 Å². The molecule has 14 heteroatoms. The molecule has 3 aromatic rings. The molecule has 0 atom stereocenters. The van der Waals surface area contributed by atoms with Gasteiger partial charge in [-0.3, -0.25) is 29.8 Å². The van der Waals surface area contributed by atoms with Gasteiger partial charge in [-0.05, 0) is 18.2 Å². The van der Waals surface area contributed by atoms with Crippen LogP contribution in [-0.4, -0.2) is 46.5 Å². The molecule has 33 heavy (non-hydrogen) atoms. The van der Waals surface area contributed by atoms with Crippen LogP contribution in [0.4, 0.5) is 11.4 Å². The summed E-state index contributed by atoms with van der Waals surface area (Å²) >= 11 is 0.955. The van der Waals surface area contributed by atoms with Gasteiger partial charge in [-0.15, -0.1) is 0 Å². The number of non-ortho nitro benzene ring substituents is 2. The maximum absolute atomic E-state index is 12.8. The monoisotopic (exact) mass is 474 g/mol. The molecule has 0 aliphatic carbocycles. The number of hydrogen-bond acceptors (Lipinski definition) is 10. The summed E-state index contributed by atoms with van der Waals surface area (Å²) in [7, 11) is 2.40. The maximum atomic E-state index is 12.8. The van der Waals surface area contributed by atoms with E-state index in [0.29, 0.717) is 10.2 Å². The van der Waals surface area contributed by atoms with Crippen LogP contribution in [0.1, 0.15) is 20.7 Å². The predicted molar refractivity (Wildman–Crippen MR) is 113 cm³/mol. The van der Waals surface area contributed by atoms with Crippen molar-refractivity contribution >= 4 is 50.8 Å². The van der Waals surface area contributed by atoms with Gasteiger partial charge in [0.25, 0.3) is 17.3 Å². The number of nitro groups is 2. The number of methoxy groups -OCH3 is 2. The Morgan fingerprint density at radius 3 is 2.15 bits per heavy atom. The van der Waals surface area contributed by atoms with Gasteiger partial charge in [0.2, 0.25) is 0 Å². The summed E-state index contributed by atoms with van der Waals surface area (Å²) in [6.45, 7) is -0.324. The summed E-state index contributed by atoms with van der Waals surface area (Å²) < 4.78 is 11.2. The van der Waals surface area contributed by atoms with Crippen molar-refractivity contribution in [2.24, 2.45) is 4.99 Å². The first-order chi connectivity index (χ1) is 15.6. The molecule has 0 aliphatic heterocycles. The van der Waals surface area contributed by atoms with Crippen LogP contribution in [0, 0.1) is 20.2 Å². The van der Waals surface area contributed by atoms with Gasteiger partial charge in [-0.2, -0.15) is 4.99 Å². The number of benzene rings is 2. The minimum atomic E-state index is -1.000. The second-order valence-corrected chi connectivity index (χ2v) is 7.40. The molecule has 0 bridgehead atoms. The van der Waals surface area contributed by atoms with Crippen LogP contribution in [-0.2, 0) is 20.8 Å². The van der Waals surface area contributed by atoms with Crippen LogP contribution in [0.25, 0.3) is 10.2 Å². The lowest BCUT2D eigenvalue weighted by atomic mass is 10.1. The SMILES string of the molecule is COC(=O)Cn1c(=NC(=O)c2cc([N+](=O)[O-])cc([N+](=O)[O-])c2)sc2cc(C(=O)OC)ccc21. The van der Waals surface area contributed by atoms with Gasteiger partial charge >= 0.3 is 11.9 Å². The van der Waals surface area contributed by atoms with Gasteiger partial charge in [0.05, 0.1) is 51.5 Å². The van der Waals surface area contributed by atoms with Crippen molar-refractivity contribution in [3.05, 3.63) is 72.6 Å². The lowest BCUT2D eigenvalue weighted by molar-refractivity contribution is -0.394. The third kappa shape index (κ3) is 4.90. The fraction of sp³-hybridized carbons (Fsp3) is 0.158. The van der Waals surface area contributed by atoms with Crippen molar-refractivity contribution in [3.63, 3.8) is 0 Å². The van der Waals surface area contributed by atoms with Crippen molar-refractivity contribution in [1.82, 2.24) is 4.57 Å². The lowest BCUT2D eigenvalue weighted by Gasteiger charge is -2.04. The number of aromatic nitrogens is 1. The molecule has 0 saturated carbocycles. The highest BCUT2D eigenvalue weighted by Crippen LogP contribution is 2.24. The normalized spacial score (nSPS) is 11.3. The molecule has 1 heterocycles. The van der Waals surface area contributed by atoms with Gasteiger partial charge in [0, 0.05) is 12.1 Å². The summed E-state index contributed by atoms with van der Waals surface area (Å²) in [5.41, 5.74) is -1.00. The highest BCUT2D eigenvalue weighted by atomic mass is 32.1. The van der Waals surface area contributed by atoms with Gasteiger partial charge < -0.3 is 14.0 Å². The Balaban J connectivity index is 2.19. The van der Waals surface area contributed by atoms with Crippen LogP contribution in [0.2, 0.25) is 0 Å². The molecular weight excluding hydrogens is 460 g/mol. The van der Waals surface area contributed by atoms with E-state index in [9.17, 15) is 34.6 Å². The van der Waals surface area contributed by atoms with E-state index in [-0.39, 0.29) is 22.5 Å². The molecule has 170 valence electrons. The number of carbonyl (C=O) groups excluding carboxylic acids is 3. The maximum Gasteiger partial charge on any atom is 0.337 e. The highest BCUT2D eigenvalue weighted by Gasteiger charge is 2.21. The van der Waals surface area contributed by atoms with Crippen molar-refractivity contribution in [2.75, 3.05) is 14.2 Å². The number of nitrogens with zero attached hydrogens (tertiary/aromatic N) is 4. The Morgan fingerprint density at radius 2 is 1.61 bits per heavy atom. The summed E-state index contributed by atoms with van der Waals surface area (Å²) in [5, 5.41) is 22.2. The van der Waals surface area contributed by atoms with Crippen LogP contribution in [0.5, 0.6) is 0 Å². The predicted octanol–water partition coefficient (Wildman–Crippen LogP) is 2.22. The largest absolute Gasteiger partial charge is 0.468 e. The highest BCUT2D eigenvalue weighted by molar-refractivity contribution is 7.16. The molecule has 0 unspecified atom stereocenters. The molecule has 0 saturated heterocycles. The second kappa shape index (κ2) is 9.35. The molecule has 3 rings (SSSR count). The second-order valence-electron chi connectivity index (χ2n) is 6.39. The summed E-state index contributed by atoms with van der Waals surface area (Å²) in [5.74, 6) is -2.24. The van der Waals surface area contributed by atoms with Gasteiger partial charge in [-0.1, -0.05) is 11.3 Å². The number of rotatable bonds is 6. The standard InChI is InChI=1S/C19H14N4O9S/c1-31-16(24)9-21-14-4-3-10(18(26)32-2)7-15(14)33-19(21)20-17(25)11-5-12(22(27)28)8-13(6-11)23(29)30/h3-8H,9H2,1-2H3. The van der Waals surface area contributed by atoms with Crippen molar-refractivity contribution in [3.8, 4) is 0 Å². The third-order valence-electron chi connectivity index (χ3n) is 4.39. The van der Waals surface area contributed by atoms with Crippen LogP contribution in [0.15, 0.2) is 41.4 Å². The fourth-order valence-corrected chi connectivity index (χ4v) is 3.90. The van der Waals surface area contributed by atoms with E-state index in [2.05, 4.69) is 14.5 Å². The van der Waals surface area contributed by atoms with E-state index < -0.39 is 39.1 Å². The Bertz CT molecular complexity index is 1360. The molecular formula is C19H14N4O9S. The van der Waals surface area contributed by atoms with Gasteiger partial charge in [0.15, 0.2) is 4.80 Å². The summed E-state index contributed by atoms with van der Waals surface area (Å²) in [6.07, 6.45) is 0. The van der Waals surface area contributed by atoms with E-state index in [4.69, 9.17) is 0 Å². The molecule has 0 spiro atoms. The van der Waals surface area contributed by atoms with Crippen molar-refractivity contribution in [2.45, 2.75) is 6.54 Å². The molecule has 1 amide bonds. The smallest absolute Gasteiger partial charge is 0.337 e. The summed E-state index contributed by atoms with van der Waals surface area (Å²) in [6, 6.07) is 6.94. The van der Waals surface area contributed by atoms with Crippen molar-refractivity contribution in [1.29, 1.82) is 0 Å². The molecule has 13 nitrogen and oxygen atoms in total. The topological polar surface area (TPSA) is 173 Å². The lowest BCUT2D eigenvalue weighted by Crippen LogP contribution is -2.22. The molecule has 0 aliphatic rings. The Kier molecular flexibility index (Phi) is 6.58. The van der Waals surface area contributed by atoms with E-state index in [0.717, 1.165) is 29.5 Å². The zero-order valence-corrected chi connectivity index (χ0v) is 17.9. The van der Waals surface area contributed by atoms with Gasteiger partial charge in [-0.25, -0.2) is 4.79 Å². The molecule has 0 fully saturated rings. The van der Waals surface area contributed by atoms with Crippen LogP contribution >= 0.6 is 11.3 Å². The van der Waals surface area contributed by atoms with Crippen molar-refractivity contribution < 1.29 is 33.7 Å². The average Bonchev–Trinajstić information content (AvgIpc) is 3.13. The van der Waals surface area contributed by atoms with E-state index in [1.54, 1.807) is 0 Å². The number of fused-ring (bicyclic) bond motifs is 1. The third-order valence-corrected chi connectivity index (χ3v) is 5.43. The fourth-order valence-electron chi connectivity index (χ4n) is 2.83. The number of hydrogen-bond donors (Lipinski definition) is 0. The van der Waals surface area contributed by atoms with E-state index >= 15 is 0 Å². The van der Waals surface area contributed by atoms with E-state index in [1.165, 1.54) is 37.0 Å². The average molecular weight is 474 g/mol. The first-order valence-corrected chi connectivity index (χ1v) is 9.77. The zero-order valence-electron chi connectivity index (χ0n) is 17.0. The minimum Gasteiger partial charge on any atom is -0.468 e. The molecule has 0 radical (unpaired) electrons. The summed E-state index contributed by atoms with van der Waals surface area (Å²) in [4.78, 5) is 60.9.